The molecule has 24 heavy (non-hydrogen) atoms. The number of nitrogens with zero attached hydrogens (tertiary/aromatic N) is 5. The predicted molar refractivity (Wildman–Crippen MR) is 85.0 cm³/mol. The van der Waals surface area contributed by atoms with Gasteiger partial charge in [-0.2, -0.15) is 4.98 Å². The molecule has 5 rings (SSSR count). The molecule has 0 radical (unpaired) electrons. The maximum Gasteiger partial charge on any atom is 0.278 e. The van der Waals surface area contributed by atoms with Crippen LogP contribution in [0.15, 0.2) is 29.0 Å². The summed E-state index contributed by atoms with van der Waals surface area (Å²) in [7, 11) is 0. The van der Waals surface area contributed by atoms with Gasteiger partial charge in [0.05, 0.1) is 28.0 Å². The summed E-state index contributed by atoms with van der Waals surface area (Å²) >= 11 is 6.32. The van der Waals surface area contributed by atoms with E-state index in [2.05, 4.69) is 15.1 Å². The minimum Gasteiger partial charge on any atom is -0.332 e. The lowest BCUT2D eigenvalue weighted by molar-refractivity contribution is 0.0461. The van der Waals surface area contributed by atoms with E-state index in [1.54, 1.807) is 19.3 Å². The fraction of sp³-hybridized carbons (Fsp3) is 0.250. The quantitative estimate of drug-likeness (QED) is 0.680. The molecule has 7 nitrogen and oxygen atoms in total. The Labute approximate surface area is 141 Å². The van der Waals surface area contributed by atoms with Crippen LogP contribution in [0.2, 0.25) is 5.02 Å². The number of fused-ring (bicyclic) bond motifs is 5. The summed E-state index contributed by atoms with van der Waals surface area (Å²) in [5.74, 6) is 0.861. The van der Waals surface area contributed by atoms with Crippen LogP contribution >= 0.6 is 11.6 Å². The van der Waals surface area contributed by atoms with E-state index in [1.165, 1.54) is 0 Å². The Morgan fingerprint density at radius 1 is 1.38 bits per heavy atom. The number of carbonyl (C=O) groups excluding carboxylic acids is 1. The Bertz CT molecular complexity index is 992. The van der Waals surface area contributed by atoms with Crippen molar-refractivity contribution >= 4 is 17.5 Å². The van der Waals surface area contributed by atoms with Crippen molar-refractivity contribution < 1.29 is 9.32 Å². The highest BCUT2D eigenvalue weighted by Gasteiger charge is 2.43. The van der Waals surface area contributed by atoms with E-state index in [-0.39, 0.29) is 11.9 Å². The molecule has 0 aliphatic carbocycles. The van der Waals surface area contributed by atoms with Crippen LogP contribution in [0.3, 0.4) is 0 Å². The first-order chi connectivity index (χ1) is 11.6. The molecule has 1 fully saturated rings. The zero-order chi connectivity index (χ0) is 16.4. The molecule has 2 aliphatic rings. The van der Waals surface area contributed by atoms with Crippen molar-refractivity contribution in [2.24, 2.45) is 0 Å². The van der Waals surface area contributed by atoms with Crippen LogP contribution in [0.25, 0.3) is 17.3 Å². The number of amides is 1. The fourth-order valence-electron chi connectivity index (χ4n) is 3.41. The Balaban J connectivity index is 1.81. The van der Waals surface area contributed by atoms with Crippen LogP contribution < -0.4 is 0 Å². The second-order valence-corrected chi connectivity index (χ2v) is 6.34. The molecule has 1 aromatic carbocycles. The topological polar surface area (TPSA) is 77.0 Å². The van der Waals surface area contributed by atoms with Crippen molar-refractivity contribution in [3.63, 3.8) is 0 Å². The monoisotopic (exact) mass is 341 g/mol. The highest BCUT2D eigenvalue weighted by molar-refractivity contribution is 6.34. The molecule has 1 saturated heterocycles. The number of imidazole rings is 1. The summed E-state index contributed by atoms with van der Waals surface area (Å²) in [6, 6.07) is 5.37. The Morgan fingerprint density at radius 2 is 2.25 bits per heavy atom. The third-order valence-corrected chi connectivity index (χ3v) is 4.91. The Morgan fingerprint density at radius 3 is 2.96 bits per heavy atom. The van der Waals surface area contributed by atoms with Crippen LogP contribution in [0, 0.1) is 6.92 Å². The first kappa shape index (κ1) is 13.7. The largest absolute Gasteiger partial charge is 0.332 e. The summed E-state index contributed by atoms with van der Waals surface area (Å²) in [6.07, 6.45) is 2.55. The number of carbonyl (C=O) groups is 1. The molecule has 0 N–H and O–H groups in total. The van der Waals surface area contributed by atoms with E-state index in [1.807, 2.05) is 21.6 Å². The van der Waals surface area contributed by atoms with Gasteiger partial charge in [-0.25, -0.2) is 4.98 Å². The molecule has 4 heterocycles. The van der Waals surface area contributed by atoms with Crippen molar-refractivity contribution in [3.8, 4) is 17.3 Å². The van der Waals surface area contributed by atoms with Crippen LogP contribution in [0.4, 0.5) is 0 Å². The van der Waals surface area contributed by atoms with Gasteiger partial charge in [0.2, 0.25) is 0 Å². The first-order valence-corrected chi connectivity index (χ1v) is 8.00. The van der Waals surface area contributed by atoms with Gasteiger partial charge in [-0.1, -0.05) is 22.8 Å². The van der Waals surface area contributed by atoms with E-state index in [4.69, 9.17) is 16.1 Å². The first-order valence-electron chi connectivity index (χ1n) is 7.63. The summed E-state index contributed by atoms with van der Waals surface area (Å²) in [6.45, 7) is 2.46. The number of aryl methyl sites for hydroxylation is 1. The van der Waals surface area contributed by atoms with Gasteiger partial charge in [0.25, 0.3) is 11.8 Å². The molecular weight excluding hydrogens is 330 g/mol. The SMILES string of the molecule is Cc1noc(-c2ncn3c2[C@@H]2CCN2C(=O)c2c(Cl)cccc2-3)n1. The lowest BCUT2D eigenvalue weighted by atomic mass is 9.97. The number of hydrogen-bond donors (Lipinski definition) is 0. The van der Waals surface area contributed by atoms with Gasteiger partial charge in [0.1, 0.15) is 6.33 Å². The van der Waals surface area contributed by atoms with Gasteiger partial charge < -0.3 is 9.42 Å². The van der Waals surface area contributed by atoms with E-state index in [0.29, 0.717) is 34.5 Å². The van der Waals surface area contributed by atoms with Crippen LogP contribution in [0.5, 0.6) is 0 Å². The van der Waals surface area contributed by atoms with Gasteiger partial charge in [0.15, 0.2) is 11.5 Å². The molecule has 0 spiro atoms. The molecule has 120 valence electrons. The second-order valence-electron chi connectivity index (χ2n) is 5.93. The van der Waals surface area contributed by atoms with Crippen LogP contribution in [-0.2, 0) is 0 Å². The van der Waals surface area contributed by atoms with Gasteiger partial charge in [-0.3, -0.25) is 9.36 Å². The zero-order valence-corrected chi connectivity index (χ0v) is 13.5. The third-order valence-electron chi connectivity index (χ3n) is 4.60. The Hall–Kier alpha value is -2.67. The molecule has 2 aliphatic heterocycles. The lowest BCUT2D eigenvalue weighted by Crippen LogP contribution is -2.44. The molecular formula is C16H12ClN5O2. The van der Waals surface area contributed by atoms with E-state index >= 15 is 0 Å². The summed E-state index contributed by atoms with van der Waals surface area (Å²) in [5.41, 5.74) is 2.74. The van der Waals surface area contributed by atoms with Gasteiger partial charge in [0, 0.05) is 6.54 Å². The number of hydrogen-bond acceptors (Lipinski definition) is 5. The molecule has 3 aromatic rings. The lowest BCUT2D eigenvalue weighted by Gasteiger charge is -2.39. The van der Waals surface area contributed by atoms with Crippen molar-refractivity contribution in [3.05, 3.63) is 46.6 Å². The third kappa shape index (κ3) is 1.67. The molecule has 0 saturated carbocycles. The van der Waals surface area contributed by atoms with Gasteiger partial charge >= 0.3 is 0 Å². The smallest absolute Gasteiger partial charge is 0.278 e. The average molecular weight is 342 g/mol. The zero-order valence-electron chi connectivity index (χ0n) is 12.7. The standard InChI is InChI=1S/C16H12ClN5O2/c1-8-19-15(24-20-8)13-14-11-5-6-21(11)16(23)12-9(17)3-2-4-10(12)22(14)7-18-13/h2-4,7,11H,5-6H2,1H3/t11-/m0/s1. The maximum absolute atomic E-state index is 12.9. The Kier molecular flexibility index (Phi) is 2.67. The van der Waals surface area contributed by atoms with Gasteiger partial charge in [-0.15, -0.1) is 0 Å². The van der Waals surface area contributed by atoms with Crippen molar-refractivity contribution in [2.45, 2.75) is 19.4 Å². The molecule has 8 heteroatoms. The molecule has 1 amide bonds. The number of rotatable bonds is 1. The minimum absolute atomic E-state index is 0.0526. The molecule has 0 unspecified atom stereocenters. The fourth-order valence-corrected chi connectivity index (χ4v) is 3.66. The summed E-state index contributed by atoms with van der Waals surface area (Å²) in [4.78, 5) is 23.5. The van der Waals surface area contributed by atoms with Gasteiger partial charge in [-0.05, 0) is 25.5 Å². The summed E-state index contributed by atoms with van der Waals surface area (Å²) in [5, 5.41) is 4.29. The summed E-state index contributed by atoms with van der Waals surface area (Å²) < 4.78 is 7.21. The number of aromatic nitrogens is 4. The van der Waals surface area contributed by atoms with Crippen molar-refractivity contribution in [1.29, 1.82) is 0 Å². The van der Waals surface area contributed by atoms with Crippen molar-refractivity contribution in [1.82, 2.24) is 24.6 Å². The van der Waals surface area contributed by atoms with E-state index in [0.717, 1.165) is 17.8 Å². The average Bonchev–Trinajstić information content (AvgIpc) is 3.10. The normalized spacial score (nSPS) is 18.5. The highest BCUT2D eigenvalue weighted by Crippen LogP contribution is 2.44. The molecule has 2 aromatic heterocycles. The van der Waals surface area contributed by atoms with Crippen LogP contribution in [-0.4, -0.2) is 37.0 Å². The number of benzene rings is 1. The van der Waals surface area contributed by atoms with Crippen molar-refractivity contribution in [2.75, 3.05) is 6.54 Å². The molecule has 1 atom stereocenters. The predicted octanol–water partition coefficient (Wildman–Crippen LogP) is 2.78. The molecule has 0 bridgehead atoms. The highest BCUT2D eigenvalue weighted by atomic mass is 35.5. The maximum atomic E-state index is 12.9. The van der Waals surface area contributed by atoms with E-state index in [9.17, 15) is 4.79 Å². The van der Waals surface area contributed by atoms with E-state index < -0.39 is 0 Å². The second kappa shape index (κ2) is 4.67. The minimum atomic E-state index is -0.0642. The van der Waals surface area contributed by atoms with Crippen LogP contribution in [0.1, 0.15) is 34.3 Å². The number of halogens is 1.